The first-order valence-electron chi connectivity index (χ1n) is 8.44. The van der Waals surface area contributed by atoms with Gasteiger partial charge in [0, 0.05) is 6.04 Å². The topological polar surface area (TPSA) is 91.2 Å². The summed E-state index contributed by atoms with van der Waals surface area (Å²) in [5, 5.41) is 14.5. The van der Waals surface area contributed by atoms with Crippen LogP contribution in [0.25, 0.3) is 0 Å². The SMILES string of the molecule is C[C@H](Oc1ccc(C#N)cc1)C(=O)Nc1ccccc1C(=O)NC1CC1. The number of para-hydroxylation sites is 1. The summed E-state index contributed by atoms with van der Waals surface area (Å²) in [6, 6.07) is 15.7. The standard InChI is InChI=1S/C20H19N3O3/c1-13(26-16-10-6-14(12-21)7-11-16)19(24)23-18-5-3-2-4-17(18)20(25)22-15-8-9-15/h2-7,10-11,13,15H,8-9H2,1H3,(H,22,25)(H,23,24)/t13-/m0/s1. The average molecular weight is 349 g/mol. The van der Waals surface area contributed by atoms with E-state index in [4.69, 9.17) is 10.00 Å². The number of hydrogen-bond donors (Lipinski definition) is 2. The molecule has 3 rings (SSSR count). The van der Waals surface area contributed by atoms with Gasteiger partial charge in [0.2, 0.25) is 0 Å². The highest BCUT2D eigenvalue weighted by atomic mass is 16.5. The summed E-state index contributed by atoms with van der Waals surface area (Å²) in [4.78, 5) is 24.7. The Hall–Kier alpha value is -3.33. The molecule has 2 aromatic carbocycles. The van der Waals surface area contributed by atoms with E-state index in [1.54, 1.807) is 55.5 Å². The van der Waals surface area contributed by atoms with Crippen LogP contribution >= 0.6 is 0 Å². The predicted molar refractivity (Wildman–Crippen MR) is 96.8 cm³/mol. The average Bonchev–Trinajstić information content (AvgIpc) is 3.46. The van der Waals surface area contributed by atoms with Crippen LogP contribution in [-0.4, -0.2) is 24.0 Å². The lowest BCUT2D eigenvalue weighted by Gasteiger charge is -2.16. The van der Waals surface area contributed by atoms with Gasteiger partial charge in [-0.05, 0) is 56.2 Å². The highest BCUT2D eigenvalue weighted by Crippen LogP contribution is 2.22. The molecule has 0 aliphatic heterocycles. The van der Waals surface area contributed by atoms with Crippen molar-refractivity contribution < 1.29 is 14.3 Å². The number of hydrogen-bond acceptors (Lipinski definition) is 4. The van der Waals surface area contributed by atoms with Crippen LogP contribution < -0.4 is 15.4 Å². The molecular weight excluding hydrogens is 330 g/mol. The largest absolute Gasteiger partial charge is 0.481 e. The first-order chi connectivity index (χ1) is 12.6. The van der Waals surface area contributed by atoms with E-state index in [-0.39, 0.29) is 17.9 Å². The molecule has 0 aromatic heterocycles. The number of carbonyl (C=O) groups is 2. The third-order valence-corrected chi connectivity index (χ3v) is 4.01. The molecule has 2 N–H and O–H groups in total. The summed E-state index contributed by atoms with van der Waals surface area (Å²) in [5.74, 6) is -0.0588. The lowest BCUT2D eigenvalue weighted by Crippen LogP contribution is -2.32. The number of nitrogens with one attached hydrogen (secondary N) is 2. The minimum Gasteiger partial charge on any atom is -0.481 e. The number of anilines is 1. The van der Waals surface area contributed by atoms with Crippen molar-refractivity contribution >= 4 is 17.5 Å². The van der Waals surface area contributed by atoms with Gasteiger partial charge in [-0.3, -0.25) is 9.59 Å². The van der Waals surface area contributed by atoms with E-state index >= 15 is 0 Å². The molecule has 0 radical (unpaired) electrons. The first-order valence-corrected chi connectivity index (χ1v) is 8.44. The number of nitriles is 1. The summed E-state index contributed by atoms with van der Waals surface area (Å²) in [6.07, 6.45) is 1.23. The lowest BCUT2D eigenvalue weighted by molar-refractivity contribution is -0.122. The van der Waals surface area contributed by atoms with Gasteiger partial charge in [0.15, 0.2) is 6.10 Å². The molecule has 0 spiro atoms. The molecule has 1 fully saturated rings. The van der Waals surface area contributed by atoms with E-state index in [2.05, 4.69) is 10.6 Å². The molecule has 6 nitrogen and oxygen atoms in total. The quantitative estimate of drug-likeness (QED) is 0.839. The van der Waals surface area contributed by atoms with Gasteiger partial charge in [0.05, 0.1) is 22.9 Å². The lowest BCUT2D eigenvalue weighted by atomic mass is 10.1. The Kier molecular flexibility index (Phi) is 5.18. The van der Waals surface area contributed by atoms with Gasteiger partial charge >= 0.3 is 0 Å². The molecule has 6 heteroatoms. The molecule has 1 atom stereocenters. The summed E-state index contributed by atoms with van der Waals surface area (Å²) < 4.78 is 5.60. The first kappa shape index (κ1) is 17.5. The molecule has 0 saturated heterocycles. The Labute approximate surface area is 151 Å². The Bertz CT molecular complexity index is 851. The van der Waals surface area contributed by atoms with Crippen LogP contribution in [-0.2, 0) is 4.79 Å². The van der Waals surface area contributed by atoms with Crippen molar-refractivity contribution in [1.82, 2.24) is 5.32 Å². The van der Waals surface area contributed by atoms with Crippen molar-refractivity contribution in [3.8, 4) is 11.8 Å². The second-order valence-corrected chi connectivity index (χ2v) is 6.18. The van der Waals surface area contributed by atoms with E-state index in [9.17, 15) is 9.59 Å². The van der Waals surface area contributed by atoms with E-state index in [1.165, 1.54) is 0 Å². The monoisotopic (exact) mass is 349 g/mol. The number of ether oxygens (including phenoxy) is 1. The van der Waals surface area contributed by atoms with Crippen LogP contribution in [0.5, 0.6) is 5.75 Å². The highest BCUT2D eigenvalue weighted by molar-refractivity contribution is 6.04. The van der Waals surface area contributed by atoms with Gasteiger partial charge in [0.1, 0.15) is 5.75 Å². The van der Waals surface area contributed by atoms with Crippen LogP contribution in [0.15, 0.2) is 48.5 Å². The molecule has 132 valence electrons. The minimum atomic E-state index is -0.762. The van der Waals surface area contributed by atoms with Crippen LogP contribution in [0, 0.1) is 11.3 Å². The number of benzene rings is 2. The normalized spacial score (nSPS) is 14.0. The number of amides is 2. The molecule has 1 saturated carbocycles. The Morgan fingerprint density at radius 3 is 2.50 bits per heavy atom. The fourth-order valence-electron chi connectivity index (χ4n) is 2.38. The smallest absolute Gasteiger partial charge is 0.265 e. The summed E-state index contributed by atoms with van der Waals surface area (Å²) in [6.45, 7) is 1.63. The Morgan fingerprint density at radius 1 is 1.15 bits per heavy atom. The molecular formula is C20H19N3O3. The number of carbonyl (C=O) groups excluding carboxylic acids is 2. The number of nitrogens with zero attached hydrogens (tertiary/aromatic N) is 1. The van der Waals surface area contributed by atoms with Crippen molar-refractivity contribution in [3.63, 3.8) is 0 Å². The fraction of sp³-hybridized carbons (Fsp3) is 0.250. The highest BCUT2D eigenvalue weighted by Gasteiger charge is 2.25. The van der Waals surface area contributed by atoms with E-state index in [0.717, 1.165) is 12.8 Å². The second-order valence-electron chi connectivity index (χ2n) is 6.18. The molecule has 1 aliphatic carbocycles. The zero-order chi connectivity index (χ0) is 18.5. The van der Waals surface area contributed by atoms with Gasteiger partial charge < -0.3 is 15.4 Å². The summed E-state index contributed by atoms with van der Waals surface area (Å²) >= 11 is 0. The molecule has 0 bridgehead atoms. The third kappa shape index (κ3) is 4.39. The summed E-state index contributed by atoms with van der Waals surface area (Å²) in [5.41, 5.74) is 1.40. The predicted octanol–water partition coefficient (Wildman–Crippen LogP) is 2.86. The van der Waals surface area contributed by atoms with Gasteiger partial charge in [-0.25, -0.2) is 0 Å². The molecule has 0 unspecified atom stereocenters. The van der Waals surface area contributed by atoms with Crippen molar-refractivity contribution in [2.45, 2.75) is 31.9 Å². The van der Waals surface area contributed by atoms with E-state index in [1.807, 2.05) is 6.07 Å². The van der Waals surface area contributed by atoms with E-state index < -0.39 is 6.10 Å². The zero-order valence-electron chi connectivity index (χ0n) is 14.4. The van der Waals surface area contributed by atoms with Gasteiger partial charge in [-0.15, -0.1) is 0 Å². The minimum absolute atomic E-state index is 0.191. The second kappa shape index (κ2) is 7.70. The van der Waals surface area contributed by atoms with Crippen molar-refractivity contribution in [2.75, 3.05) is 5.32 Å². The van der Waals surface area contributed by atoms with Crippen molar-refractivity contribution in [2.24, 2.45) is 0 Å². The van der Waals surface area contributed by atoms with Crippen LogP contribution in [0.1, 0.15) is 35.7 Å². The third-order valence-electron chi connectivity index (χ3n) is 4.01. The molecule has 2 aromatic rings. The zero-order valence-corrected chi connectivity index (χ0v) is 14.4. The molecule has 26 heavy (non-hydrogen) atoms. The molecule has 0 heterocycles. The number of rotatable bonds is 6. The van der Waals surface area contributed by atoms with Crippen LogP contribution in [0.2, 0.25) is 0 Å². The van der Waals surface area contributed by atoms with Crippen LogP contribution in [0.4, 0.5) is 5.69 Å². The Morgan fingerprint density at radius 2 is 1.85 bits per heavy atom. The van der Waals surface area contributed by atoms with Gasteiger partial charge in [0.25, 0.3) is 11.8 Å². The van der Waals surface area contributed by atoms with Gasteiger partial charge in [-0.1, -0.05) is 12.1 Å². The molecule has 1 aliphatic rings. The maximum absolute atomic E-state index is 12.4. The maximum atomic E-state index is 12.4. The summed E-state index contributed by atoms with van der Waals surface area (Å²) in [7, 11) is 0. The maximum Gasteiger partial charge on any atom is 0.265 e. The van der Waals surface area contributed by atoms with Crippen molar-refractivity contribution in [1.29, 1.82) is 5.26 Å². The van der Waals surface area contributed by atoms with Crippen LogP contribution in [0.3, 0.4) is 0 Å². The fourth-order valence-corrected chi connectivity index (χ4v) is 2.38. The van der Waals surface area contributed by atoms with E-state index in [0.29, 0.717) is 22.6 Å². The Balaban J connectivity index is 1.65. The van der Waals surface area contributed by atoms with Crippen molar-refractivity contribution in [3.05, 3.63) is 59.7 Å². The van der Waals surface area contributed by atoms with Gasteiger partial charge in [-0.2, -0.15) is 5.26 Å². The molecule has 2 amide bonds.